The number of hydrogen-bond donors (Lipinski definition) is 1. The van der Waals surface area contributed by atoms with Gasteiger partial charge >= 0.3 is 0 Å². The molecule has 0 aliphatic heterocycles. The summed E-state index contributed by atoms with van der Waals surface area (Å²) in [5, 5.41) is 0. The molecule has 96 valence electrons. The Morgan fingerprint density at radius 3 is 2.53 bits per heavy atom. The number of hydrogen-bond acceptors (Lipinski definition) is 2. The highest BCUT2D eigenvalue weighted by atomic mass is 32.2. The zero-order valence-electron chi connectivity index (χ0n) is 10.2. The molecule has 0 amide bonds. The van der Waals surface area contributed by atoms with Crippen LogP contribution in [0.5, 0.6) is 0 Å². The van der Waals surface area contributed by atoms with Crippen molar-refractivity contribution in [3.8, 4) is 0 Å². The first-order chi connectivity index (χ1) is 7.99. The fourth-order valence-corrected chi connectivity index (χ4v) is 2.51. The van der Waals surface area contributed by atoms with E-state index in [1.807, 2.05) is 0 Å². The van der Waals surface area contributed by atoms with Crippen LogP contribution < -0.4 is 5.73 Å². The van der Waals surface area contributed by atoms with Gasteiger partial charge in [0.1, 0.15) is 11.6 Å². The van der Waals surface area contributed by atoms with Crippen LogP contribution in [0, 0.1) is 17.6 Å². The molecule has 0 spiro atoms. The van der Waals surface area contributed by atoms with E-state index in [9.17, 15) is 8.78 Å². The third kappa shape index (κ3) is 5.50. The fourth-order valence-electron chi connectivity index (χ4n) is 1.48. The molecule has 0 aliphatic rings. The van der Waals surface area contributed by atoms with Gasteiger partial charge in [-0.25, -0.2) is 8.78 Å². The highest BCUT2D eigenvalue weighted by Crippen LogP contribution is 2.14. The third-order valence-corrected chi connectivity index (χ3v) is 3.85. The van der Waals surface area contributed by atoms with Crippen LogP contribution >= 0.6 is 11.8 Å². The van der Waals surface area contributed by atoms with Crippen LogP contribution in [-0.4, -0.2) is 17.5 Å². The summed E-state index contributed by atoms with van der Waals surface area (Å²) < 4.78 is 26.1. The van der Waals surface area contributed by atoms with Gasteiger partial charge < -0.3 is 5.73 Å². The summed E-state index contributed by atoms with van der Waals surface area (Å²) in [6.45, 7) is 4.30. The van der Waals surface area contributed by atoms with Gasteiger partial charge in [-0.05, 0) is 29.7 Å². The minimum Gasteiger partial charge on any atom is -0.327 e. The standard InChI is InChI=1S/C13H19F2NS/c1-9(2)7-17-8-12(16)5-10-3-4-11(14)6-13(10)15/h3-4,6,9,12H,5,7-8,16H2,1-2H3. The van der Waals surface area contributed by atoms with Gasteiger partial charge in [-0.3, -0.25) is 0 Å². The van der Waals surface area contributed by atoms with E-state index >= 15 is 0 Å². The zero-order valence-corrected chi connectivity index (χ0v) is 11.1. The van der Waals surface area contributed by atoms with Crippen molar-refractivity contribution >= 4 is 11.8 Å². The summed E-state index contributed by atoms with van der Waals surface area (Å²) >= 11 is 1.78. The molecule has 0 saturated carbocycles. The minimum absolute atomic E-state index is 0.0845. The Morgan fingerprint density at radius 2 is 1.94 bits per heavy atom. The van der Waals surface area contributed by atoms with Crippen LogP contribution in [0.2, 0.25) is 0 Å². The Balaban J connectivity index is 2.42. The Hall–Kier alpha value is -0.610. The lowest BCUT2D eigenvalue weighted by atomic mass is 10.1. The second kappa shape index (κ2) is 6.97. The Kier molecular flexibility index (Phi) is 5.92. The predicted molar refractivity (Wildman–Crippen MR) is 70.2 cm³/mol. The Labute approximate surface area is 106 Å². The van der Waals surface area contributed by atoms with Gasteiger partial charge in [-0.1, -0.05) is 19.9 Å². The van der Waals surface area contributed by atoms with Gasteiger partial charge in [-0.15, -0.1) is 0 Å². The van der Waals surface area contributed by atoms with Crippen molar-refractivity contribution in [1.29, 1.82) is 0 Å². The molecule has 0 fully saturated rings. The highest BCUT2D eigenvalue weighted by molar-refractivity contribution is 7.99. The van der Waals surface area contributed by atoms with E-state index < -0.39 is 11.6 Å². The first kappa shape index (κ1) is 14.5. The SMILES string of the molecule is CC(C)CSCC(N)Cc1ccc(F)cc1F. The van der Waals surface area contributed by atoms with E-state index in [1.165, 1.54) is 12.1 Å². The molecule has 4 heteroatoms. The molecule has 17 heavy (non-hydrogen) atoms. The maximum absolute atomic E-state index is 13.4. The van der Waals surface area contributed by atoms with Gasteiger partial charge in [0.05, 0.1) is 0 Å². The summed E-state index contributed by atoms with van der Waals surface area (Å²) in [7, 11) is 0. The molecule has 1 aromatic carbocycles. The van der Waals surface area contributed by atoms with E-state index in [-0.39, 0.29) is 6.04 Å². The van der Waals surface area contributed by atoms with E-state index in [2.05, 4.69) is 13.8 Å². The van der Waals surface area contributed by atoms with Crippen LogP contribution in [-0.2, 0) is 6.42 Å². The smallest absolute Gasteiger partial charge is 0.129 e. The summed E-state index contributed by atoms with van der Waals surface area (Å²) in [6.07, 6.45) is 0.456. The summed E-state index contributed by atoms with van der Waals surface area (Å²) in [5.41, 5.74) is 6.41. The first-order valence-corrected chi connectivity index (χ1v) is 6.91. The van der Waals surface area contributed by atoms with Crippen molar-refractivity contribution in [3.05, 3.63) is 35.4 Å². The number of nitrogens with two attached hydrogens (primary N) is 1. The molecule has 0 aliphatic carbocycles. The van der Waals surface area contributed by atoms with Crippen molar-refractivity contribution in [2.24, 2.45) is 11.7 Å². The molecule has 0 saturated heterocycles. The quantitative estimate of drug-likeness (QED) is 0.849. The van der Waals surface area contributed by atoms with E-state index in [0.717, 1.165) is 17.6 Å². The van der Waals surface area contributed by atoms with Crippen LogP contribution in [0.3, 0.4) is 0 Å². The zero-order chi connectivity index (χ0) is 12.8. The normalized spacial score (nSPS) is 13.1. The fraction of sp³-hybridized carbons (Fsp3) is 0.538. The number of thioether (sulfide) groups is 1. The second-order valence-corrected chi connectivity index (χ2v) is 5.71. The molecule has 1 aromatic rings. The number of halogens is 2. The van der Waals surface area contributed by atoms with Crippen molar-refractivity contribution in [3.63, 3.8) is 0 Å². The van der Waals surface area contributed by atoms with Crippen molar-refractivity contribution in [2.75, 3.05) is 11.5 Å². The molecule has 1 atom stereocenters. The summed E-state index contributed by atoms with van der Waals surface area (Å²) in [6, 6.07) is 3.56. The van der Waals surface area contributed by atoms with Crippen LogP contribution in [0.1, 0.15) is 19.4 Å². The molecule has 1 rings (SSSR count). The molecular formula is C13H19F2NS. The van der Waals surface area contributed by atoms with Crippen molar-refractivity contribution in [2.45, 2.75) is 26.3 Å². The highest BCUT2D eigenvalue weighted by Gasteiger charge is 2.09. The van der Waals surface area contributed by atoms with Gasteiger partial charge in [0.2, 0.25) is 0 Å². The average molecular weight is 259 g/mol. The topological polar surface area (TPSA) is 26.0 Å². The summed E-state index contributed by atoms with van der Waals surface area (Å²) in [4.78, 5) is 0. The molecule has 1 unspecified atom stereocenters. The molecule has 0 bridgehead atoms. The minimum atomic E-state index is -0.547. The molecular weight excluding hydrogens is 240 g/mol. The lowest BCUT2D eigenvalue weighted by Gasteiger charge is -2.12. The number of rotatable bonds is 6. The van der Waals surface area contributed by atoms with Crippen molar-refractivity contribution in [1.82, 2.24) is 0 Å². The second-order valence-electron chi connectivity index (χ2n) is 4.63. The molecule has 1 nitrogen and oxygen atoms in total. The Morgan fingerprint density at radius 1 is 1.24 bits per heavy atom. The van der Waals surface area contributed by atoms with Gasteiger partial charge in [0.25, 0.3) is 0 Å². The maximum Gasteiger partial charge on any atom is 0.129 e. The van der Waals surface area contributed by atoms with Crippen LogP contribution in [0.25, 0.3) is 0 Å². The molecule has 0 heterocycles. The van der Waals surface area contributed by atoms with E-state index in [4.69, 9.17) is 5.73 Å². The largest absolute Gasteiger partial charge is 0.327 e. The predicted octanol–water partition coefficient (Wildman–Crippen LogP) is 3.22. The van der Waals surface area contributed by atoms with Gasteiger partial charge in [0.15, 0.2) is 0 Å². The molecule has 0 aromatic heterocycles. The maximum atomic E-state index is 13.4. The third-order valence-electron chi connectivity index (χ3n) is 2.28. The first-order valence-electron chi connectivity index (χ1n) is 5.76. The molecule has 2 N–H and O–H groups in total. The van der Waals surface area contributed by atoms with Crippen molar-refractivity contribution < 1.29 is 8.78 Å². The van der Waals surface area contributed by atoms with Crippen LogP contribution in [0.15, 0.2) is 18.2 Å². The monoisotopic (exact) mass is 259 g/mol. The average Bonchev–Trinajstić information content (AvgIpc) is 2.21. The van der Waals surface area contributed by atoms with Gasteiger partial charge in [0, 0.05) is 17.9 Å². The lowest BCUT2D eigenvalue weighted by molar-refractivity contribution is 0.565. The summed E-state index contributed by atoms with van der Waals surface area (Å²) in [5.74, 6) is 1.44. The van der Waals surface area contributed by atoms with Gasteiger partial charge in [-0.2, -0.15) is 11.8 Å². The Bertz CT molecular complexity index is 355. The number of benzene rings is 1. The van der Waals surface area contributed by atoms with Crippen LogP contribution in [0.4, 0.5) is 8.78 Å². The van der Waals surface area contributed by atoms with E-state index in [0.29, 0.717) is 17.9 Å². The molecule has 0 radical (unpaired) electrons. The van der Waals surface area contributed by atoms with E-state index in [1.54, 1.807) is 11.8 Å². The lowest BCUT2D eigenvalue weighted by Crippen LogP contribution is -2.26.